The lowest BCUT2D eigenvalue weighted by atomic mass is 10.1. The van der Waals surface area contributed by atoms with E-state index in [9.17, 15) is 9.59 Å². The Labute approximate surface area is 171 Å². The molecule has 2 amide bonds. The van der Waals surface area contributed by atoms with Gasteiger partial charge in [-0.25, -0.2) is 4.98 Å². The highest BCUT2D eigenvalue weighted by Crippen LogP contribution is 2.30. The summed E-state index contributed by atoms with van der Waals surface area (Å²) in [5.74, 6) is 0.120. The van der Waals surface area contributed by atoms with Crippen molar-refractivity contribution in [1.29, 1.82) is 0 Å². The minimum atomic E-state index is -0.171. The van der Waals surface area contributed by atoms with Crippen molar-refractivity contribution in [3.8, 4) is 0 Å². The lowest BCUT2D eigenvalue weighted by Crippen LogP contribution is -2.32. The van der Waals surface area contributed by atoms with Gasteiger partial charge in [-0.3, -0.25) is 9.59 Å². The molecule has 2 aliphatic heterocycles. The van der Waals surface area contributed by atoms with E-state index in [0.29, 0.717) is 24.6 Å². The lowest BCUT2D eigenvalue weighted by Gasteiger charge is -2.20. The fraction of sp³-hybridized carbons (Fsp3) is 0.500. The zero-order valence-electron chi connectivity index (χ0n) is 17.3. The maximum absolute atomic E-state index is 13.4. The molecule has 7 heteroatoms. The Bertz CT molecular complexity index is 918. The molecule has 0 radical (unpaired) electrons. The maximum Gasteiger partial charge on any atom is 0.294 e. The van der Waals surface area contributed by atoms with Gasteiger partial charge in [0.2, 0.25) is 5.82 Å². The molecule has 0 saturated carbocycles. The number of fused-ring (bicyclic) bond motifs is 2. The van der Waals surface area contributed by atoms with Crippen LogP contribution in [0.15, 0.2) is 24.3 Å². The highest BCUT2D eigenvalue weighted by atomic mass is 16.2. The number of hydrogen-bond donors (Lipinski definition) is 1. The number of para-hydroxylation sites is 1. The first-order valence-electron chi connectivity index (χ1n) is 10.5. The van der Waals surface area contributed by atoms with Crippen LogP contribution in [0.5, 0.6) is 0 Å². The molecule has 1 aromatic heterocycles. The fourth-order valence-electron chi connectivity index (χ4n) is 4.24. The van der Waals surface area contributed by atoms with Crippen LogP contribution < -0.4 is 10.2 Å². The van der Waals surface area contributed by atoms with E-state index in [4.69, 9.17) is 0 Å². The van der Waals surface area contributed by atoms with Gasteiger partial charge in [0.1, 0.15) is 5.69 Å². The van der Waals surface area contributed by atoms with Gasteiger partial charge in [-0.05, 0) is 64.4 Å². The van der Waals surface area contributed by atoms with Crippen LogP contribution >= 0.6 is 0 Å². The molecule has 3 heterocycles. The normalized spacial score (nSPS) is 15.3. The molecule has 154 valence electrons. The van der Waals surface area contributed by atoms with Gasteiger partial charge in [0.15, 0.2) is 0 Å². The molecule has 0 aliphatic carbocycles. The smallest absolute Gasteiger partial charge is 0.294 e. The number of carbonyl (C=O) groups excluding carboxylic acids is 2. The summed E-state index contributed by atoms with van der Waals surface area (Å²) >= 11 is 0. The molecule has 0 fully saturated rings. The molecule has 2 aromatic rings. The van der Waals surface area contributed by atoms with Crippen molar-refractivity contribution in [2.75, 3.05) is 38.6 Å². The van der Waals surface area contributed by atoms with Gasteiger partial charge in [-0.15, -0.1) is 0 Å². The Hall–Kier alpha value is -2.67. The van der Waals surface area contributed by atoms with Gasteiger partial charge in [0.25, 0.3) is 11.8 Å². The average molecular weight is 396 g/mol. The number of imidazole rings is 1. The van der Waals surface area contributed by atoms with Gasteiger partial charge in [0.05, 0.1) is 5.69 Å². The Morgan fingerprint density at radius 3 is 2.79 bits per heavy atom. The van der Waals surface area contributed by atoms with Crippen LogP contribution in [0.1, 0.15) is 51.6 Å². The summed E-state index contributed by atoms with van der Waals surface area (Å²) in [6.07, 6.45) is 4.55. The quantitative estimate of drug-likeness (QED) is 0.761. The van der Waals surface area contributed by atoms with E-state index in [1.807, 2.05) is 36.9 Å². The summed E-state index contributed by atoms with van der Waals surface area (Å²) in [6.45, 7) is 2.92. The second kappa shape index (κ2) is 8.37. The second-order valence-corrected chi connectivity index (χ2v) is 8.09. The molecule has 0 unspecified atom stereocenters. The molecule has 1 aromatic carbocycles. The van der Waals surface area contributed by atoms with Gasteiger partial charge in [-0.1, -0.05) is 18.2 Å². The largest absolute Gasteiger partial charge is 0.351 e. The van der Waals surface area contributed by atoms with E-state index in [2.05, 4.69) is 21.3 Å². The Morgan fingerprint density at radius 1 is 1.14 bits per heavy atom. The van der Waals surface area contributed by atoms with E-state index < -0.39 is 0 Å². The number of hydrogen-bond acceptors (Lipinski definition) is 4. The standard InChI is InChI=1S/C22H29N5O2/c1-25(2)13-7-12-23-21(28)19-18-10-5-6-14-26(18)20(24-19)22(29)27-15-11-16-8-3-4-9-17(16)27/h3-4,8-9H,5-7,10-15H2,1-2H3,(H,23,28). The molecule has 29 heavy (non-hydrogen) atoms. The fourth-order valence-corrected chi connectivity index (χ4v) is 4.24. The SMILES string of the molecule is CN(C)CCCNC(=O)c1nc(C(=O)N2CCc3ccccc32)n2c1CCCC2. The summed E-state index contributed by atoms with van der Waals surface area (Å²) in [4.78, 5) is 34.6. The van der Waals surface area contributed by atoms with Crippen molar-refractivity contribution in [2.24, 2.45) is 0 Å². The third kappa shape index (κ3) is 3.92. The van der Waals surface area contributed by atoms with E-state index in [1.54, 1.807) is 4.90 Å². The summed E-state index contributed by atoms with van der Waals surface area (Å²) in [6, 6.07) is 8.01. The summed E-state index contributed by atoms with van der Waals surface area (Å²) in [5, 5.41) is 2.98. The van der Waals surface area contributed by atoms with Crippen molar-refractivity contribution in [2.45, 2.75) is 38.6 Å². The predicted molar refractivity (Wildman–Crippen MR) is 112 cm³/mol. The third-order valence-electron chi connectivity index (χ3n) is 5.72. The van der Waals surface area contributed by atoms with Crippen molar-refractivity contribution < 1.29 is 9.59 Å². The summed E-state index contributed by atoms with van der Waals surface area (Å²) in [5.41, 5.74) is 3.47. The number of anilines is 1. The first-order valence-corrected chi connectivity index (χ1v) is 10.5. The van der Waals surface area contributed by atoms with E-state index in [1.165, 1.54) is 5.56 Å². The van der Waals surface area contributed by atoms with Crippen molar-refractivity contribution in [1.82, 2.24) is 19.8 Å². The summed E-state index contributed by atoms with van der Waals surface area (Å²) in [7, 11) is 4.03. The third-order valence-corrected chi connectivity index (χ3v) is 5.72. The molecule has 1 N–H and O–H groups in total. The highest BCUT2D eigenvalue weighted by molar-refractivity contribution is 6.06. The number of nitrogens with zero attached hydrogens (tertiary/aromatic N) is 4. The van der Waals surface area contributed by atoms with E-state index in [-0.39, 0.29) is 11.8 Å². The van der Waals surface area contributed by atoms with Gasteiger partial charge < -0.3 is 19.7 Å². The van der Waals surface area contributed by atoms with Crippen LogP contribution in [-0.2, 0) is 19.4 Å². The monoisotopic (exact) mass is 395 g/mol. The van der Waals surface area contributed by atoms with Crippen LogP contribution in [0.2, 0.25) is 0 Å². The minimum Gasteiger partial charge on any atom is -0.351 e. The lowest BCUT2D eigenvalue weighted by molar-refractivity contribution is 0.0946. The highest BCUT2D eigenvalue weighted by Gasteiger charge is 2.32. The molecule has 7 nitrogen and oxygen atoms in total. The number of amides is 2. The summed E-state index contributed by atoms with van der Waals surface area (Å²) < 4.78 is 1.97. The number of rotatable bonds is 6. The Balaban J connectivity index is 1.57. The first-order chi connectivity index (χ1) is 14.1. The average Bonchev–Trinajstić information content (AvgIpc) is 3.32. The second-order valence-electron chi connectivity index (χ2n) is 8.09. The topological polar surface area (TPSA) is 70.5 Å². The van der Waals surface area contributed by atoms with Crippen LogP contribution in [0.4, 0.5) is 5.69 Å². The van der Waals surface area contributed by atoms with Gasteiger partial charge in [-0.2, -0.15) is 0 Å². The Morgan fingerprint density at radius 2 is 1.97 bits per heavy atom. The number of benzene rings is 1. The molecule has 0 spiro atoms. The van der Waals surface area contributed by atoms with Crippen molar-refractivity contribution in [3.63, 3.8) is 0 Å². The van der Waals surface area contributed by atoms with Crippen LogP contribution in [0.25, 0.3) is 0 Å². The van der Waals surface area contributed by atoms with Crippen LogP contribution in [-0.4, -0.2) is 60.0 Å². The molecule has 0 bridgehead atoms. The van der Waals surface area contributed by atoms with E-state index in [0.717, 1.165) is 56.6 Å². The molecular formula is C22H29N5O2. The predicted octanol–water partition coefficient (Wildman–Crippen LogP) is 2.10. The number of aromatic nitrogens is 2. The number of carbonyl (C=O) groups is 2. The zero-order chi connectivity index (χ0) is 20.4. The molecule has 4 rings (SSSR count). The van der Waals surface area contributed by atoms with Crippen LogP contribution in [0.3, 0.4) is 0 Å². The molecule has 2 aliphatic rings. The maximum atomic E-state index is 13.4. The van der Waals surface area contributed by atoms with Crippen molar-refractivity contribution >= 4 is 17.5 Å². The Kier molecular flexibility index (Phi) is 5.67. The molecular weight excluding hydrogens is 366 g/mol. The van der Waals surface area contributed by atoms with Gasteiger partial charge in [0, 0.05) is 25.3 Å². The van der Waals surface area contributed by atoms with Crippen LogP contribution in [0, 0.1) is 0 Å². The zero-order valence-corrected chi connectivity index (χ0v) is 17.3. The van der Waals surface area contributed by atoms with E-state index >= 15 is 0 Å². The van der Waals surface area contributed by atoms with Gasteiger partial charge >= 0.3 is 0 Å². The number of nitrogens with one attached hydrogen (secondary N) is 1. The molecule has 0 saturated heterocycles. The minimum absolute atomic E-state index is 0.107. The first kappa shape index (κ1) is 19.6. The van der Waals surface area contributed by atoms with Crippen molar-refractivity contribution in [3.05, 3.63) is 47.0 Å². The molecule has 0 atom stereocenters.